The number of hydrogen-bond donors (Lipinski definition) is 1. The van der Waals surface area contributed by atoms with Crippen molar-refractivity contribution in [3.63, 3.8) is 0 Å². The number of methoxy groups -OCH3 is 1. The van der Waals surface area contributed by atoms with Gasteiger partial charge >= 0.3 is 0 Å². The van der Waals surface area contributed by atoms with Crippen LogP contribution >= 0.6 is 12.4 Å². The smallest absolute Gasteiger partial charge is 0.255 e. The maximum atomic E-state index is 13.8. The number of benzene rings is 1. The molecule has 1 aliphatic carbocycles. The Balaban J connectivity index is 0.00000385. The summed E-state index contributed by atoms with van der Waals surface area (Å²) in [6, 6.07) is 2.57. The van der Waals surface area contributed by atoms with E-state index in [0.717, 1.165) is 25.7 Å². The lowest BCUT2D eigenvalue weighted by Gasteiger charge is -2.47. The molecule has 10 heteroatoms. The molecule has 1 N–H and O–H groups in total. The quantitative estimate of drug-likeness (QED) is 0.575. The first-order valence-electron chi connectivity index (χ1n) is 11.6. The fourth-order valence-corrected chi connectivity index (χ4v) is 6.20. The Morgan fingerprint density at radius 3 is 2.27 bits per heavy atom. The van der Waals surface area contributed by atoms with Crippen molar-refractivity contribution < 1.29 is 22.3 Å². The van der Waals surface area contributed by atoms with Gasteiger partial charge in [0.25, 0.3) is 5.91 Å². The Kier molecular flexibility index (Phi) is 9.96. The first-order chi connectivity index (χ1) is 15.2. The van der Waals surface area contributed by atoms with Crippen LogP contribution in [0.5, 0.6) is 5.75 Å². The van der Waals surface area contributed by atoms with E-state index in [-0.39, 0.29) is 35.4 Å². The minimum Gasteiger partial charge on any atom is -0.496 e. The highest BCUT2D eigenvalue weighted by Crippen LogP contribution is 2.34. The van der Waals surface area contributed by atoms with Crippen molar-refractivity contribution >= 4 is 28.3 Å². The summed E-state index contributed by atoms with van der Waals surface area (Å²) in [5.74, 6) is -0.355. The first-order valence-corrected chi connectivity index (χ1v) is 13.2. The van der Waals surface area contributed by atoms with Crippen molar-refractivity contribution in [2.45, 2.75) is 57.9 Å². The van der Waals surface area contributed by atoms with Crippen LogP contribution < -0.4 is 10.1 Å². The van der Waals surface area contributed by atoms with Crippen LogP contribution in [0.25, 0.3) is 0 Å². The van der Waals surface area contributed by atoms with Crippen molar-refractivity contribution in [1.82, 2.24) is 14.5 Å². The third-order valence-electron chi connectivity index (χ3n) is 6.99. The molecule has 0 atom stereocenters. The molecule has 7 nitrogen and oxygen atoms in total. The van der Waals surface area contributed by atoms with E-state index in [4.69, 9.17) is 4.74 Å². The standard InChI is InChI=1S/C23H36FN3O4S.ClH/c1-4-32(29,30)27-13-11-26(12-14-27)23(9-7-5-6-8-10-23)17-25-22(28)21-18(2)15-19(24)16-20(21)31-3;/h15-16H,4-14,17H2,1-3H3,(H,25,28);1H. The summed E-state index contributed by atoms with van der Waals surface area (Å²) in [4.78, 5) is 15.5. The lowest BCUT2D eigenvalue weighted by atomic mass is 9.87. The maximum absolute atomic E-state index is 13.8. The number of nitrogens with zero attached hydrogens (tertiary/aromatic N) is 2. The molecular formula is C23H37ClFN3O4S. The number of piperazine rings is 1. The summed E-state index contributed by atoms with van der Waals surface area (Å²) in [5, 5.41) is 3.11. The van der Waals surface area contributed by atoms with E-state index in [1.54, 1.807) is 18.2 Å². The van der Waals surface area contributed by atoms with Gasteiger partial charge in [-0.3, -0.25) is 9.69 Å². The number of halogens is 2. The SMILES string of the molecule is CCS(=O)(=O)N1CCN(C2(CNC(=O)c3c(C)cc(F)cc3OC)CCCCCC2)CC1.Cl. The Morgan fingerprint density at radius 1 is 1.12 bits per heavy atom. The summed E-state index contributed by atoms with van der Waals surface area (Å²) in [7, 11) is -1.76. The van der Waals surface area contributed by atoms with E-state index in [1.807, 2.05) is 0 Å². The van der Waals surface area contributed by atoms with Gasteiger partial charge in [-0.05, 0) is 38.3 Å². The number of hydrogen-bond acceptors (Lipinski definition) is 5. The van der Waals surface area contributed by atoms with E-state index in [0.29, 0.717) is 43.9 Å². The summed E-state index contributed by atoms with van der Waals surface area (Å²) in [6.45, 7) is 6.15. The number of aryl methyl sites for hydroxylation is 1. The molecule has 1 saturated carbocycles. The molecule has 0 aromatic heterocycles. The number of carbonyl (C=O) groups is 1. The number of carbonyl (C=O) groups excluding carboxylic acids is 1. The molecule has 3 rings (SSSR count). The second-order valence-electron chi connectivity index (χ2n) is 8.91. The number of sulfonamides is 1. The molecule has 0 spiro atoms. The van der Waals surface area contributed by atoms with Crippen molar-refractivity contribution in [2.24, 2.45) is 0 Å². The highest BCUT2D eigenvalue weighted by atomic mass is 35.5. The molecule has 0 unspecified atom stereocenters. The lowest BCUT2D eigenvalue weighted by molar-refractivity contribution is 0.0391. The van der Waals surface area contributed by atoms with E-state index < -0.39 is 15.8 Å². The molecule has 1 aromatic rings. The van der Waals surface area contributed by atoms with E-state index in [2.05, 4.69) is 10.2 Å². The Labute approximate surface area is 203 Å². The highest BCUT2D eigenvalue weighted by molar-refractivity contribution is 7.89. The highest BCUT2D eigenvalue weighted by Gasteiger charge is 2.40. The second kappa shape index (κ2) is 11.8. The second-order valence-corrected chi connectivity index (χ2v) is 11.2. The fraction of sp³-hybridized carbons (Fsp3) is 0.696. The predicted octanol–water partition coefficient (Wildman–Crippen LogP) is 3.35. The molecule has 1 heterocycles. The Morgan fingerprint density at radius 2 is 1.73 bits per heavy atom. The molecule has 0 bridgehead atoms. The van der Waals surface area contributed by atoms with E-state index in [9.17, 15) is 17.6 Å². The molecule has 2 fully saturated rings. The average Bonchev–Trinajstić information content (AvgIpc) is 3.03. The lowest BCUT2D eigenvalue weighted by Crippen LogP contribution is -2.61. The molecule has 1 aromatic carbocycles. The normalized spacial score (nSPS) is 19.9. The molecular weight excluding hydrogens is 469 g/mol. The van der Waals surface area contributed by atoms with Gasteiger partial charge in [-0.25, -0.2) is 12.8 Å². The number of amides is 1. The van der Waals surface area contributed by atoms with Gasteiger partial charge in [-0.1, -0.05) is 25.7 Å². The van der Waals surface area contributed by atoms with E-state index in [1.165, 1.54) is 32.1 Å². The zero-order chi connectivity index (χ0) is 23.4. The maximum Gasteiger partial charge on any atom is 0.255 e. The van der Waals surface area contributed by atoms with Crippen molar-refractivity contribution in [3.8, 4) is 5.75 Å². The van der Waals surface area contributed by atoms with Crippen molar-refractivity contribution in [1.29, 1.82) is 0 Å². The topological polar surface area (TPSA) is 79.0 Å². The summed E-state index contributed by atoms with van der Waals surface area (Å²) < 4.78 is 45.1. The molecule has 0 radical (unpaired) electrons. The van der Waals surface area contributed by atoms with Gasteiger partial charge in [0.2, 0.25) is 10.0 Å². The fourth-order valence-electron chi connectivity index (χ4n) is 5.11. The first kappa shape index (κ1) is 27.8. The molecule has 33 heavy (non-hydrogen) atoms. The van der Waals surface area contributed by atoms with Crippen LogP contribution in [0.15, 0.2) is 12.1 Å². The van der Waals surface area contributed by atoms with Gasteiger partial charge in [0, 0.05) is 44.3 Å². The van der Waals surface area contributed by atoms with Crippen LogP contribution in [0.1, 0.15) is 61.4 Å². The van der Waals surface area contributed by atoms with Crippen molar-refractivity contribution in [2.75, 3.05) is 45.6 Å². The van der Waals surface area contributed by atoms with Crippen LogP contribution in [-0.4, -0.2) is 74.7 Å². The van der Waals surface area contributed by atoms with Gasteiger partial charge < -0.3 is 10.1 Å². The van der Waals surface area contributed by atoms with Crippen LogP contribution in [0, 0.1) is 12.7 Å². The van der Waals surface area contributed by atoms with Crippen molar-refractivity contribution in [3.05, 3.63) is 29.1 Å². The van der Waals surface area contributed by atoms with E-state index >= 15 is 0 Å². The monoisotopic (exact) mass is 505 g/mol. The van der Waals surface area contributed by atoms with Crippen LogP contribution in [-0.2, 0) is 10.0 Å². The zero-order valence-electron chi connectivity index (χ0n) is 19.9. The number of rotatable bonds is 7. The molecule has 2 aliphatic rings. The largest absolute Gasteiger partial charge is 0.496 e. The Hall–Kier alpha value is -1.42. The van der Waals surface area contributed by atoms with Gasteiger partial charge in [0.15, 0.2) is 0 Å². The summed E-state index contributed by atoms with van der Waals surface area (Å²) in [5.41, 5.74) is 0.694. The summed E-state index contributed by atoms with van der Waals surface area (Å²) >= 11 is 0. The summed E-state index contributed by atoms with van der Waals surface area (Å²) in [6.07, 6.45) is 6.45. The van der Waals surface area contributed by atoms with Gasteiger partial charge in [0.1, 0.15) is 11.6 Å². The number of nitrogens with one attached hydrogen (secondary N) is 1. The average molecular weight is 506 g/mol. The third-order valence-corrected chi connectivity index (χ3v) is 8.87. The van der Waals surface area contributed by atoms with Crippen LogP contribution in [0.4, 0.5) is 4.39 Å². The molecule has 1 aliphatic heterocycles. The number of ether oxygens (including phenoxy) is 1. The molecule has 188 valence electrons. The zero-order valence-corrected chi connectivity index (χ0v) is 21.5. The molecule has 1 amide bonds. The van der Waals surface area contributed by atoms with Gasteiger partial charge in [-0.2, -0.15) is 4.31 Å². The van der Waals surface area contributed by atoms with Gasteiger partial charge in [-0.15, -0.1) is 12.4 Å². The molecule has 1 saturated heterocycles. The Bertz CT molecular complexity index is 913. The predicted molar refractivity (Wildman–Crippen MR) is 130 cm³/mol. The van der Waals surface area contributed by atoms with Gasteiger partial charge in [0.05, 0.1) is 18.4 Å². The van der Waals surface area contributed by atoms with Crippen LogP contribution in [0.2, 0.25) is 0 Å². The minimum atomic E-state index is -3.19. The van der Waals surface area contributed by atoms with Crippen LogP contribution in [0.3, 0.4) is 0 Å². The minimum absolute atomic E-state index is 0. The third kappa shape index (κ3) is 6.38.